The second-order valence-corrected chi connectivity index (χ2v) is 10.4. The Hall–Kier alpha value is -2.97. The Morgan fingerprint density at radius 2 is 1.67 bits per heavy atom. The van der Waals surface area contributed by atoms with Crippen molar-refractivity contribution >= 4 is 64.4 Å². The molecule has 3 aromatic carbocycles. The lowest BCUT2D eigenvalue weighted by Crippen LogP contribution is -2.48. The van der Waals surface area contributed by atoms with Crippen LogP contribution in [0.4, 0.5) is 0 Å². The van der Waals surface area contributed by atoms with Crippen molar-refractivity contribution in [1.82, 2.24) is 10.7 Å². The van der Waals surface area contributed by atoms with Gasteiger partial charge >= 0.3 is 0 Å². The number of nitrogens with one attached hydrogen (secondary N) is 2. The van der Waals surface area contributed by atoms with Gasteiger partial charge in [-0.05, 0) is 66.9 Å². The van der Waals surface area contributed by atoms with Gasteiger partial charge in [0.15, 0.2) is 11.5 Å². The van der Waals surface area contributed by atoms with Crippen LogP contribution in [-0.4, -0.2) is 30.7 Å². The van der Waals surface area contributed by atoms with Gasteiger partial charge in [-0.25, -0.2) is 5.43 Å². The van der Waals surface area contributed by atoms with Crippen molar-refractivity contribution in [2.45, 2.75) is 33.4 Å². The number of hydrogen-bond donors (Lipinski definition) is 2. The number of carbonyl (C=O) groups excluding carboxylic acids is 2. The number of halogens is 4. The predicted octanol–water partition coefficient (Wildman–Crippen LogP) is 7.18. The maximum atomic E-state index is 12.8. The van der Waals surface area contributed by atoms with Crippen molar-refractivity contribution in [3.05, 3.63) is 91.4 Å². The van der Waals surface area contributed by atoms with Crippen LogP contribution in [0.2, 0.25) is 20.1 Å². The number of hydrazone groups is 1. The van der Waals surface area contributed by atoms with Crippen molar-refractivity contribution in [3.8, 4) is 11.5 Å². The van der Waals surface area contributed by atoms with E-state index in [-0.39, 0.29) is 23.1 Å². The van der Waals surface area contributed by atoms with Gasteiger partial charge in [0.05, 0.1) is 22.9 Å². The summed E-state index contributed by atoms with van der Waals surface area (Å²) in [4.78, 5) is 25.5. The number of nitrogens with zero attached hydrogens (tertiary/aromatic N) is 1. The molecule has 0 saturated carbocycles. The molecule has 39 heavy (non-hydrogen) atoms. The van der Waals surface area contributed by atoms with Gasteiger partial charge in [-0.2, -0.15) is 5.10 Å². The Labute approximate surface area is 247 Å². The quantitative estimate of drug-likeness (QED) is 0.178. The average Bonchev–Trinajstić information content (AvgIpc) is 2.89. The normalized spacial score (nSPS) is 11.9. The Morgan fingerprint density at radius 1 is 0.897 bits per heavy atom. The standard InChI is InChI=1S/C28H27Cl4N3O4/c1-4-38-25-11-17(5-10-24(25)39-15-19-6-8-20(29)13-22(19)31)14-33-35-28(37)26(16(2)3)34-27(36)18-7-9-21(30)23(32)12-18/h5-14,16,26H,4,15H2,1-3H3,(H,34,36)(H,35,37)/b33-14+. The summed E-state index contributed by atoms with van der Waals surface area (Å²) in [6.07, 6.45) is 1.47. The summed E-state index contributed by atoms with van der Waals surface area (Å²) < 4.78 is 11.6. The zero-order valence-electron chi connectivity index (χ0n) is 21.4. The first-order valence-corrected chi connectivity index (χ1v) is 13.5. The summed E-state index contributed by atoms with van der Waals surface area (Å²) in [7, 11) is 0. The van der Waals surface area contributed by atoms with Gasteiger partial charge in [0.25, 0.3) is 11.8 Å². The molecule has 0 fully saturated rings. The summed E-state index contributed by atoms with van der Waals surface area (Å²) in [5, 5.41) is 8.40. The monoisotopic (exact) mass is 609 g/mol. The van der Waals surface area contributed by atoms with Gasteiger partial charge in [-0.1, -0.05) is 66.3 Å². The molecule has 3 aromatic rings. The molecule has 11 heteroatoms. The van der Waals surface area contributed by atoms with E-state index in [9.17, 15) is 9.59 Å². The Morgan fingerprint density at radius 3 is 2.33 bits per heavy atom. The van der Waals surface area contributed by atoms with E-state index in [4.69, 9.17) is 55.9 Å². The molecule has 206 valence electrons. The highest BCUT2D eigenvalue weighted by Crippen LogP contribution is 2.30. The maximum Gasteiger partial charge on any atom is 0.262 e. The Balaban J connectivity index is 1.65. The summed E-state index contributed by atoms with van der Waals surface area (Å²) in [6.45, 7) is 6.13. The zero-order valence-corrected chi connectivity index (χ0v) is 24.5. The fourth-order valence-electron chi connectivity index (χ4n) is 3.42. The number of benzene rings is 3. The highest BCUT2D eigenvalue weighted by molar-refractivity contribution is 6.42. The van der Waals surface area contributed by atoms with E-state index in [1.807, 2.05) is 20.8 Å². The van der Waals surface area contributed by atoms with Crippen LogP contribution in [0.25, 0.3) is 0 Å². The van der Waals surface area contributed by atoms with E-state index in [1.54, 1.807) is 36.4 Å². The van der Waals surface area contributed by atoms with Crippen LogP contribution in [0.3, 0.4) is 0 Å². The first kappa shape index (κ1) is 30.6. The van der Waals surface area contributed by atoms with Crippen LogP contribution in [0.5, 0.6) is 11.5 Å². The molecule has 1 atom stereocenters. The summed E-state index contributed by atoms with van der Waals surface area (Å²) >= 11 is 24.1. The van der Waals surface area contributed by atoms with Crippen molar-refractivity contribution in [2.24, 2.45) is 11.0 Å². The van der Waals surface area contributed by atoms with Gasteiger partial charge in [-0.3, -0.25) is 9.59 Å². The molecule has 0 bridgehead atoms. The molecule has 0 aliphatic rings. The molecule has 3 rings (SSSR count). The number of amides is 2. The number of rotatable bonds is 11. The van der Waals surface area contributed by atoms with Gasteiger partial charge in [0.1, 0.15) is 12.6 Å². The Kier molecular flexibility index (Phi) is 11.3. The molecular formula is C28H27Cl4N3O4. The lowest BCUT2D eigenvalue weighted by Gasteiger charge is -2.20. The van der Waals surface area contributed by atoms with E-state index < -0.39 is 17.9 Å². The van der Waals surface area contributed by atoms with Gasteiger partial charge in [-0.15, -0.1) is 0 Å². The molecular weight excluding hydrogens is 584 g/mol. The number of carbonyl (C=O) groups is 2. The van der Waals surface area contributed by atoms with Gasteiger partial charge in [0, 0.05) is 21.2 Å². The van der Waals surface area contributed by atoms with Crippen LogP contribution < -0.4 is 20.2 Å². The lowest BCUT2D eigenvalue weighted by molar-refractivity contribution is -0.123. The third-order valence-electron chi connectivity index (χ3n) is 5.47. The number of ether oxygens (including phenoxy) is 2. The van der Waals surface area contributed by atoms with E-state index in [0.29, 0.717) is 38.7 Å². The van der Waals surface area contributed by atoms with Crippen molar-refractivity contribution in [3.63, 3.8) is 0 Å². The minimum absolute atomic E-state index is 0.206. The van der Waals surface area contributed by atoms with Crippen LogP contribution in [0.1, 0.15) is 42.3 Å². The number of hydrogen-bond acceptors (Lipinski definition) is 5. The fourth-order valence-corrected chi connectivity index (χ4v) is 4.18. The largest absolute Gasteiger partial charge is 0.490 e. The van der Waals surface area contributed by atoms with E-state index >= 15 is 0 Å². The minimum Gasteiger partial charge on any atom is -0.490 e. The molecule has 0 spiro atoms. The topological polar surface area (TPSA) is 89.0 Å². The summed E-state index contributed by atoms with van der Waals surface area (Å²) in [6, 6.07) is 14.1. The highest BCUT2D eigenvalue weighted by Gasteiger charge is 2.24. The van der Waals surface area contributed by atoms with Crippen LogP contribution in [0, 0.1) is 5.92 Å². The lowest BCUT2D eigenvalue weighted by atomic mass is 10.0. The molecule has 0 saturated heterocycles. The molecule has 7 nitrogen and oxygen atoms in total. The second kappa shape index (κ2) is 14.4. The SMILES string of the molecule is CCOc1cc(/C=N/NC(=O)C(NC(=O)c2ccc(Cl)c(Cl)c2)C(C)C)ccc1OCc1ccc(Cl)cc1Cl. The Bertz CT molecular complexity index is 1360. The van der Waals surface area contributed by atoms with Crippen LogP contribution >= 0.6 is 46.4 Å². The first-order chi connectivity index (χ1) is 18.6. The zero-order chi connectivity index (χ0) is 28.5. The summed E-state index contributed by atoms with van der Waals surface area (Å²) in [5.41, 5.74) is 4.22. The molecule has 0 radical (unpaired) electrons. The van der Waals surface area contributed by atoms with E-state index in [0.717, 1.165) is 5.56 Å². The first-order valence-electron chi connectivity index (χ1n) is 12.0. The molecule has 2 amide bonds. The van der Waals surface area contributed by atoms with E-state index in [1.165, 1.54) is 24.4 Å². The molecule has 0 aliphatic carbocycles. The van der Waals surface area contributed by atoms with Gasteiger partial charge in [0.2, 0.25) is 0 Å². The van der Waals surface area contributed by atoms with Crippen LogP contribution in [-0.2, 0) is 11.4 Å². The van der Waals surface area contributed by atoms with Crippen molar-refractivity contribution in [1.29, 1.82) is 0 Å². The molecule has 2 N–H and O–H groups in total. The van der Waals surface area contributed by atoms with E-state index in [2.05, 4.69) is 15.8 Å². The van der Waals surface area contributed by atoms with Crippen molar-refractivity contribution in [2.75, 3.05) is 6.61 Å². The van der Waals surface area contributed by atoms with Gasteiger partial charge < -0.3 is 14.8 Å². The molecule has 0 heterocycles. The third-order valence-corrected chi connectivity index (χ3v) is 6.80. The average molecular weight is 611 g/mol. The highest BCUT2D eigenvalue weighted by atomic mass is 35.5. The van der Waals surface area contributed by atoms with Crippen molar-refractivity contribution < 1.29 is 19.1 Å². The predicted molar refractivity (Wildman–Crippen MR) is 157 cm³/mol. The molecule has 0 aliphatic heterocycles. The maximum absolute atomic E-state index is 12.8. The minimum atomic E-state index is -0.835. The van der Waals surface area contributed by atoms with Crippen LogP contribution in [0.15, 0.2) is 59.7 Å². The third kappa shape index (κ3) is 8.77. The fraction of sp³-hybridized carbons (Fsp3) is 0.250. The molecule has 0 aromatic heterocycles. The summed E-state index contributed by atoms with van der Waals surface area (Å²) in [5.74, 6) is -0.106. The smallest absolute Gasteiger partial charge is 0.262 e. The second-order valence-electron chi connectivity index (χ2n) is 8.72. The molecule has 1 unspecified atom stereocenters.